The molecule has 160 valence electrons. The summed E-state index contributed by atoms with van der Waals surface area (Å²) in [6, 6.07) is 8.75. The van der Waals surface area contributed by atoms with Crippen LogP contribution in [-0.2, 0) is 11.4 Å². The number of thiophene rings is 1. The molecular weight excluding hydrogens is 501 g/mol. The van der Waals surface area contributed by atoms with Gasteiger partial charge in [0.05, 0.1) is 9.17 Å². The number of benzene rings is 1. The summed E-state index contributed by atoms with van der Waals surface area (Å²) in [5.74, 6) is -0.109. The van der Waals surface area contributed by atoms with Gasteiger partial charge in [0.2, 0.25) is 4.21 Å². The fourth-order valence-electron chi connectivity index (χ4n) is 4.10. The lowest BCUT2D eigenvalue weighted by atomic mass is 10.1. The Kier molecular flexibility index (Phi) is 5.63. The molecule has 5 rings (SSSR count). The molecule has 10 heteroatoms. The Morgan fingerprint density at radius 1 is 1.23 bits per heavy atom. The Hall–Kier alpha value is -2.14. The third-order valence-corrected chi connectivity index (χ3v) is 8.60. The van der Waals surface area contributed by atoms with Crippen molar-refractivity contribution in [1.82, 2.24) is 14.5 Å². The van der Waals surface area contributed by atoms with Crippen LogP contribution in [0.4, 0.5) is 15.9 Å². The first kappa shape index (κ1) is 20.7. The maximum Gasteiger partial charge on any atom is 0.234 e. The molecule has 0 bridgehead atoms. The Labute approximate surface area is 194 Å². The number of nitrogen functional groups attached to an aromatic ring is 1. The van der Waals surface area contributed by atoms with Gasteiger partial charge in [-0.1, -0.05) is 30.2 Å². The molecular formula is C21H19BrFN5OS2. The highest BCUT2D eigenvalue weighted by Crippen LogP contribution is 2.39. The van der Waals surface area contributed by atoms with Crippen LogP contribution in [0.25, 0.3) is 22.2 Å². The van der Waals surface area contributed by atoms with E-state index in [1.165, 1.54) is 36.6 Å². The monoisotopic (exact) mass is 519 g/mol. The number of aromatic nitrogens is 3. The van der Waals surface area contributed by atoms with E-state index >= 15 is 0 Å². The van der Waals surface area contributed by atoms with E-state index in [4.69, 9.17) is 5.73 Å². The number of nitrogens with one attached hydrogen (secondary N) is 1. The molecule has 0 aliphatic heterocycles. The number of nitrogens with zero attached hydrogens (tertiary/aromatic N) is 3. The second kappa shape index (κ2) is 8.42. The smallest absolute Gasteiger partial charge is 0.234 e. The number of rotatable bonds is 5. The normalized spacial score (nSPS) is 15.6. The first-order valence-corrected chi connectivity index (χ1v) is 12.6. The van der Waals surface area contributed by atoms with Gasteiger partial charge in [-0.05, 0) is 52.5 Å². The van der Waals surface area contributed by atoms with E-state index in [1.54, 1.807) is 18.2 Å². The van der Waals surface area contributed by atoms with Crippen LogP contribution in [-0.4, -0.2) is 19.1 Å². The Morgan fingerprint density at radius 3 is 2.74 bits per heavy atom. The number of hydrogen-bond donors (Lipinski definition) is 2. The van der Waals surface area contributed by atoms with Crippen molar-refractivity contribution in [2.45, 2.75) is 35.9 Å². The van der Waals surface area contributed by atoms with E-state index in [9.17, 15) is 8.94 Å². The SMILES string of the molecule is Nc1ncnc2c1c(-c1ccc(N[S+]([O-])c3ccc(Br)s3)c(F)c1)cn2C1CCCC1. The number of halogens is 2. The van der Waals surface area contributed by atoms with Crippen molar-refractivity contribution in [1.29, 1.82) is 0 Å². The average molecular weight is 520 g/mol. The van der Waals surface area contributed by atoms with Crippen LogP contribution in [0.5, 0.6) is 0 Å². The highest BCUT2D eigenvalue weighted by Gasteiger charge is 2.24. The highest BCUT2D eigenvalue weighted by atomic mass is 79.9. The highest BCUT2D eigenvalue weighted by molar-refractivity contribution is 9.11. The van der Waals surface area contributed by atoms with Crippen LogP contribution in [0.2, 0.25) is 0 Å². The summed E-state index contributed by atoms with van der Waals surface area (Å²) in [6.45, 7) is 0. The molecule has 31 heavy (non-hydrogen) atoms. The van der Waals surface area contributed by atoms with E-state index in [2.05, 4.69) is 35.2 Å². The summed E-state index contributed by atoms with van der Waals surface area (Å²) in [4.78, 5) is 8.62. The standard InChI is InChI=1S/C21H19BrFN5OS2/c22-17-7-8-18(30-17)31(29)27-16-6-5-12(9-15(16)23)14-10-28(13-3-1-2-4-13)21-19(14)20(24)25-11-26-21/h5-11,13,27H,1-4H2,(H2,24,25,26). The third kappa shape index (κ3) is 3.93. The Balaban J connectivity index is 1.51. The minimum absolute atomic E-state index is 0.176. The molecule has 0 amide bonds. The number of hydrogen-bond acceptors (Lipinski definition) is 6. The molecule has 1 fully saturated rings. The summed E-state index contributed by atoms with van der Waals surface area (Å²) in [5, 5.41) is 0.738. The zero-order valence-electron chi connectivity index (χ0n) is 16.3. The number of anilines is 2. The Bertz CT molecular complexity index is 1250. The van der Waals surface area contributed by atoms with E-state index in [0.717, 1.165) is 33.2 Å². The molecule has 1 saturated carbocycles. The van der Waals surface area contributed by atoms with Crippen molar-refractivity contribution >= 4 is 61.2 Å². The quantitative estimate of drug-likeness (QED) is 0.320. The molecule has 1 aromatic carbocycles. The zero-order chi connectivity index (χ0) is 21.5. The maximum absolute atomic E-state index is 15.0. The maximum atomic E-state index is 15.0. The molecule has 1 aliphatic carbocycles. The van der Waals surface area contributed by atoms with E-state index in [0.29, 0.717) is 21.6 Å². The van der Waals surface area contributed by atoms with Gasteiger partial charge < -0.3 is 14.9 Å². The van der Waals surface area contributed by atoms with Gasteiger partial charge in [0, 0.05) is 23.9 Å². The molecule has 0 spiro atoms. The van der Waals surface area contributed by atoms with Crippen LogP contribution < -0.4 is 10.5 Å². The Morgan fingerprint density at radius 2 is 2.03 bits per heavy atom. The lowest BCUT2D eigenvalue weighted by molar-refractivity contribution is 0.532. The van der Waals surface area contributed by atoms with E-state index < -0.39 is 17.2 Å². The first-order valence-electron chi connectivity index (χ1n) is 9.86. The molecule has 3 aromatic heterocycles. The predicted molar refractivity (Wildman–Crippen MR) is 127 cm³/mol. The second-order valence-electron chi connectivity index (χ2n) is 7.47. The molecule has 0 saturated heterocycles. The topological polar surface area (TPSA) is 91.8 Å². The van der Waals surface area contributed by atoms with Crippen LogP contribution in [0, 0.1) is 5.82 Å². The summed E-state index contributed by atoms with van der Waals surface area (Å²) >= 11 is 3.14. The summed E-state index contributed by atoms with van der Waals surface area (Å²) in [7, 11) is 0. The van der Waals surface area contributed by atoms with Crippen molar-refractivity contribution in [2.75, 3.05) is 10.5 Å². The third-order valence-electron chi connectivity index (χ3n) is 5.57. The van der Waals surface area contributed by atoms with Gasteiger partial charge in [-0.15, -0.1) is 0 Å². The summed E-state index contributed by atoms with van der Waals surface area (Å²) in [5.41, 5.74) is 8.63. The average Bonchev–Trinajstić information content (AvgIpc) is 3.49. The lowest BCUT2D eigenvalue weighted by Crippen LogP contribution is -2.12. The van der Waals surface area contributed by atoms with Gasteiger partial charge in [-0.3, -0.25) is 0 Å². The fraction of sp³-hybridized carbons (Fsp3) is 0.238. The van der Waals surface area contributed by atoms with Crippen molar-refractivity contribution in [2.24, 2.45) is 0 Å². The van der Waals surface area contributed by atoms with Crippen molar-refractivity contribution in [3.8, 4) is 11.1 Å². The molecule has 3 N–H and O–H groups in total. The molecule has 1 aliphatic rings. The lowest BCUT2D eigenvalue weighted by Gasteiger charge is -2.12. The minimum Gasteiger partial charge on any atom is -0.587 e. The fourth-order valence-corrected chi connectivity index (χ4v) is 6.90. The van der Waals surface area contributed by atoms with Crippen LogP contribution >= 0.6 is 27.3 Å². The summed E-state index contributed by atoms with van der Waals surface area (Å²) in [6.07, 6.45) is 8.04. The second-order valence-corrected chi connectivity index (χ2v) is 11.4. The minimum atomic E-state index is -1.54. The molecule has 0 radical (unpaired) electrons. The van der Waals surface area contributed by atoms with Gasteiger partial charge in [-0.25, -0.2) is 14.4 Å². The molecule has 1 atom stereocenters. The van der Waals surface area contributed by atoms with Crippen LogP contribution in [0.3, 0.4) is 0 Å². The zero-order valence-corrected chi connectivity index (χ0v) is 19.6. The number of nitrogens with two attached hydrogens (primary N) is 1. The largest absolute Gasteiger partial charge is 0.587 e. The van der Waals surface area contributed by atoms with Crippen molar-refractivity contribution in [3.63, 3.8) is 0 Å². The predicted octanol–water partition coefficient (Wildman–Crippen LogP) is 5.89. The van der Waals surface area contributed by atoms with Gasteiger partial charge in [0.1, 0.15) is 34.8 Å². The molecule has 1 unspecified atom stereocenters. The van der Waals surface area contributed by atoms with Crippen LogP contribution in [0.15, 0.2) is 50.9 Å². The molecule has 4 aromatic rings. The molecule has 6 nitrogen and oxygen atoms in total. The van der Waals surface area contributed by atoms with Crippen molar-refractivity contribution < 1.29 is 8.94 Å². The molecule has 3 heterocycles. The van der Waals surface area contributed by atoms with Crippen molar-refractivity contribution in [3.05, 3.63) is 52.5 Å². The van der Waals surface area contributed by atoms with Crippen LogP contribution in [0.1, 0.15) is 31.7 Å². The first-order chi connectivity index (χ1) is 15.0. The van der Waals surface area contributed by atoms with E-state index in [-0.39, 0.29) is 5.69 Å². The van der Waals surface area contributed by atoms with Gasteiger partial charge in [-0.2, -0.15) is 4.72 Å². The van der Waals surface area contributed by atoms with Gasteiger partial charge in [0.25, 0.3) is 0 Å². The van der Waals surface area contributed by atoms with Gasteiger partial charge in [0.15, 0.2) is 5.82 Å². The van der Waals surface area contributed by atoms with Gasteiger partial charge >= 0.3 is 0 Å². The summed E-state index contributed by atoms with van der Waals surface area (Å²) < 4.78 is 33.8. The number of fused-ring (bicyclic) bond motifs is 1. The van der Waals surface area contributed by atoms with E-state index in [1.807, 2.05) is 12.3 Å².